The Kier molecular flexibility index (Phi) is 4.19. The van der Waals surface area contributed by atoms with Crippen molar-refractivity contribution < 1.29 is 0 Å². The predicted molar refractivity (Wildman–Crippen MR) is 79.1 cm³/mol. The van der Waals surface area contributed by atoms with Gasteiger partial charge in [0, 0.05) is 9.50 Å². The van der Waals surface area contributed by atoms with Gasteiger partial charge in [-0.25, -0.2) is 0 Å². The highest BCUT2D eigenvalue weighted by Gasteiger charge is 2.01. The summed E-state index contributed by atoms with van der Waals surface area (Å²) in [6.07, 6.45) is 1.85. The van der Waals surface area contributed by atoms with E-state index in [0.29, 0.717) is 10.6 Å². The van der Waals surface area contributed by atoms with Crippen LogP contribution < -0.4 is 0 Å². The lowest BCUT2D eigenvalue weighted by molar-refractivity contribution is 1.52. The quantitative estimate of drug-likeness (QED) is 0.554. The molecule has 0 saturated heterocycles. The second-order valence-electron chi connectivity index (χ2n) is 3.73. The molecule has 2 aromatic rings. The standard InChI is InChI=1S/C15H9BrClN/c16-14-6-4-11(5-7-14)8-13(10-18)12-2-1-3-15(17)9-12/h1-9H/b13-8-. The molecule has 0 amide bonds. The average molecular weight is 319 g/mol. The number of hydrogen-bond donors (Lipinski definition) is 0. The highest BCUT2D eigenvalue weighted by atomic mass is 79.9. The summed E-state index contributed by atoms with van der Waals surface area (Å²) in [6.45, 7) is 0. The van der Waals surface area contributed by atoms with E-state index in [4.69, 9.17) is 11.6 Å². The lowest BCUT2D eigenvalue weighted by Crippen LogP contribution is -1.82. The number of hydrogen-bond acceptors (Lipinski definition) is 1. The van der Waals surface area contributed by atoms with E-state index in [2.05, 4.69) is 22.0 Å². The van der Waals surface area contributed by atoms with Gasteiger partial charge in [0.2, 0.25) is 0 Å². The molecule has 0 heterocycles. The number of allylic oxidation sites excluding steroid dienone is 1. The number of halogens is 2. The Morgan fingerprint density at radius 3 is 2.50 bits per heavy atom. The van der Waals surface area contributed by atoms with Crippen molar-refractivity contribution in [2.75, 3.05) is 0 Å². The van der Waals surface area contributed by atoms with Crippen molar-refractivity contribution in [2.45, 2.75) is 0 Å². The van der Waals surface area contributed by atoms with Gasteiger partial charge in [0.05, 0.1) is 11.6 Å². The first kappa shape index (κ1) is 12.9. The molecule has 0 N–H and O–H groups in total. The molecule has 0 aliphatic heterocycles. The van der Waals surface area contributed by atoms with Crippen molar-refractivity contribution in [1.29, 1.82) is 5.26 Å². The summed E-state index contributed by atoms with van der Waals surface area (Å²) in [7, 11) is 0. The second-order valence-corrected chi connectivity index (χ2v) is 5.08. The van der Waals surface area contributed by atoms with Crippen LogP contribution in [-0.2, 0) is 0 Å². The summed E-state index contributed by atoms with van der Waals surface area (Å²) < 4.78 is 1.01. The Morgan fingerprint density at radius 1 is 1.17 bits per heavy atom. The second kappa shape index (κ2) is 5.86. The lowest BCUT2D eigenvalue weighted by atomic mass is 10.0. The minimum atomic E-state index is 0.597. The van der Waals surface area contributed by atoms with E-state index in [0.717, 1.165) is 15.6 Å². The Morgan fingerprint density at radius 2 is 1.89 bits per heavy atom. The zero-order valence-electron chi connectivity index (χ0n) is 9.40. The van der Waals surface area contributed by atoms with E-state index in [1.807, 2.05) is 42.5 Å². The fraction of sp³-hybridized carbons (Fsp3) is 0. The summed E-state index contributed by atoms with van der Waals surface area (Å²) in [5.41, 5.74) is 2.41. The summed E-state index contributed by atoms with van der Waals surface area (Å²) in [6, 6.07) is 17.3. The molecule has 0 bridgehead atoms. The molecule has 0 spiro atoms. The molecule has 0 aromatic heterocycles. The molecule has 88 valence electrons. The van der Waals surface area contributed by atoms with E-state index < -0.39 is 0 Å². The number of nitriles is 1. The van der Waals surface area contributed by atoms with Gasteiger partial charge >= 0.3 is 0 Å². The highest BCUT2D eigenvalue weighted by molar-refractivity contribution is 9.10. The molecule has 2 rings (SSSR count). The van der Waals surface area contributed by atoms with Gasteiger partial charge in [-0.2, -0.15) is 5.26 Å². The molecule has 2 aromatic carbocycles. The van der Waals surface area contributed by atoms with Crippen molar-refractivity contribution in [3.8, 4) is 6.07 Å². The maximum atomic E-state index is 9.22. The third-order valence-corrected chi connectivity index (χ3v) is 3.20. The van der Waals surface area contributed by atoms with E-state index in [9.17, 15) is 5.26 Å². The number of nitrogens with zero attached hydrogens (tertiary/aromatic N) is 1. The van der Waals surface area contributed by atoms with Crippen LogP contribution in [0, 0.1) is 11.3 Å². The van der Waals surface area contributed by atoms with Gasteiger partial charge in [-0.05, 0) is 41.5 Å². The van der Waals surface area contributed by atoms with Gasteiger partial charge in [0.15, 0.2) is 0 Å². The van der Waals surface area contributed by atoms with Gasteiger partial charge in [-0.1, -0.05) is 51.8 Å². The van der Waals surface area contributed by atoms with Crippen LogP contribution in [0.3, 0.4) is 0 Å². The average Bonchev–Trinajstić information content (AvgIpc) is 2.38. The molecule has 0 radical (unpaired) electrons. The third-order valence-electron chi connectivity index (χ3n) is 2.44. The van der Waals surface area contributed by atoms with Crippen LogP contribution in [0.5, 0.6) is 0 Å². The Balaban J connectivity index is 2.40. The topological polar surface area (TPSA) is 23.8 Å². The van der Waals surface area contributed by atoms with Gasteiger partial charge in [-0.15, -0.1) is 0 Å². The molecule has 18 heavy (non-hydrogen) atoms. The summed E-state index contributed by atoms with van der Waals surface area (Å²) >= 11 is 9.31. The zero-order chi connectivity index (χ0) is 13.0. The fourth-order valence-corrected chi connectivity index (χ4v) is 2.02. The minimum Gasteiger partial charge on any atom is -0.192 e. The largest absolute Gasteiger partial charge is 0.192 e. The van der Waals surface area contributed by atoms with Gasteiger partial charge in [0.1, 0.15) is 0 Å². The van der Waals surface area contributed by atoms with Crippen molar-refractivity contribution in [2.24, 2.45) is 0 Å². The molecule has 0 atom stereocenters. The van der Waals surface area contributed by atoms with Crippen LogP contribution in [0.25, 0.3) is 11.6 Å². The Hall–Kier alpha value is -1.56. The van der Waals surface area contributed by atoms with Crippen LogP contribution in [-0.4, -0.2) is 0 Å². The van der Waals surface area contributed by atoms with Gasteiger partial charge in [0.25, 0.3) is 0 Å². The maximum Gasteiger partial charge on any atom is 0.0998 e. The van der Waals surface area contributed by atoms with Crippen LogP contribution in [0.1, 0.15) is 11.1 Å². The minimum absolute atomic E-state index is 0.597. The van der Waals surface area contributed by atoms with E-state index in [-0.39, 0.29) is 0 Å². The highest BCUT2D eigenvalue weighted by Crippen LogP contribution is 2.21. The van der Waals surface area contributed by atoms with Crippen molar-refractivity contribution in [3.63, 3.8) is 0 Å². The SMILES string of the molecule is N#C/C(=C/c1ccc(Br)cc1)c1cccc(Cl)c1. The maximum absolute atomic E-state index is 9.22. The normalized spacial score (nSPS) is 11.1. The monoisotopic (exact) mass is 317 g/mol. The molecule has 0 unspecified atom stereocenters. The van der Waals surface area contributed by atoms with E-state index in [1.54, 1.807) is 12.1 Å². The van der Waals surface area contributed by atoms with Gasteiger partial charge in [-0.3, -0.25) is 0 Å². The fourth-order valence-electron chi connectivity index (χ4n) is 1.56. The number of benzene rings is 2. The van der Waals surface area contributed by atoms with Crippen LogP contribution in [0.2, 0.25) is 5.02 Å². The molecule has 0 aliphatic carbocycles. The molecule has 0 saturated carbocycles. The lowest BCUT2D eigenvalue weighted by Gasteiger charge is -2.00. The molecular weight excluding hydrogens is 310 g/mol. The number of rotatable bonds is 2. The smallest absolute Gasteiger partial charge is 0.0998 e. The summed E-state index contributed by atoms with van der Waals surface area (Å²) in [4.78, 5) is 0. The first-order valence-corrected chi connectivity index (χ1v) is 6.49. The molecule has 3 heteroatoms. The molecule has 1 nitrogen and oxygen atoms in total. The van der Waals surface area contributed by atoms with Crippen molar-refractivity contribution in [1.82, 2.24) is 0 Å². The molecular formula is C15H9BrClN. The van der Waals surface area contributed by atoms with Crippen molar-refractivity contribution in [3.05, 3.63) is 69.2 Å². The Bertz CT molecular complexity index is 624. The molecule has 0 aliphatic rings. The van der Waals surface area contributed by atoms with Crippen LogP contribution >= 0.6 is 27.5 Å². The first-order chi connectivity index (χ1) is 8.69. The van der Waals surface area contributed by atoms with E-state index >= 15 is 0 Å². The van der Waals surface area contributed by atoms with Crippen LogP contribution in [0.4, 0.5) is 0 Å². The van der Waals surface area contributed by atoms with Gasteiger partial charge < -0.3 is 0 Å². The summed E-state index contributed by atoms with van der Waals surface area (Å²) in [5.74, 6) is 0. The van der Waals surface area contributed by atoms with E-state index in [1.165, 1.54) is 0 Å². The first-order valence-electron chi connectivity index (χ1n) is 5.32. The zero-order valence-corrected chi connectivity index (χ0v) is 11.7. The Labute approximate surface area is 119 Å². The third kappa shape index (κ3) is 3.22. The van der Waals surface area contributed by atoms with Crippen molar-refractivity contribution >= 4 is 39.2 Å². The predicted octanol–water partition coefficient (Wildman–Crippen LogP) is 5.17. The van der Waals surface area contributed by atoms with Crippen LogP contribution in [0.15, 0.2) is 53.0 Å². The molecule has 0 fully saturated rings. The summed E-state index contributed by atoms with van der Waals surface area (Å²) in [5, 5.41) is 9.84.